The molecule has 0 unspecified atom stereocenters. The molecule has 2 rings (SSSR count). The molecule has 138 valence electrons. The maximum atomic E-state index is 12.2. The molecule has 2 N–H and O–H groups in total. The summed E-state index contributed by atoms with van der Waals surface area (Å²) in [6.45, 7) is 1.25. The first-order valence-electron chi connectivity index (χ1n) is 7.29. The minimum absolute atomic E-state index is 0.132. The van der Waals surface area contributed by atoms with Gasteiger partial charge in [-0.1, -0.05) is 12.1 Å². The van der Waals surface area contributed by atoms with E-state index in [1.165, 1.54) is 37.3 Å². The van der Waals surface area contributed by atoms with Crippen LogP contribution in [0.2, 0.25) is 0 Å². The topological polar surface area (TPSA) is 93.5 Å². The van der Waals surface area contributed by atoms with Gasteiger partial charge < -0.3 is 15.4 Å². The molecule has 2 aromatic carbocycles. The summed E-state index contributed by atoms with van der Waals surface area (Å²) in [5.41, 5.74) is 0.692. The number of rotatable bonds is 6. The quantitative estimate of drug-likeness (QED) is 0.596. The van der Waals surface area contributed by atoms with Crippen molar-refractivity contribution in [2.45, 2.75) is 13.3 Å². The number of amides is 1. The van der Waals surface area contributed by atoms with Gasteiger partial charge >= 0.3 is 6.36 Å². The first kappa shape index (κ1) is 19.0. The number of halogens is 3. The molecule has 0 aliphatic carbocycles. The van der Waals surface area contributed by atoms with Gasteiger partial charge in [-0.25, -0.2) is 0 Å². The second-order valence-electron chi connectivity index (χ2n) is 5.18. The number of nitrogens with zero attached hydrogens (tertiary/aromatic N) is 1. The van der Waals surface area contributed by atoms with E-state index in [-0.39, 0.29) is 23.6 Å². The van der Waals surface area contributed by atoms with Gasteiger partial charge in [0.15, 0.2) is 0 Å². The number of benzene rings is 2. The summed E-state index contributed by atoms with van der Waals surface area (Å²) in [7, 11) is 0. The molecule has 2 aromatic rings. The van der Waals surface area contributed by atoms with Crippen LogP contribution in [0.1, 0.15) is 5.56 Å². The summed E-state index contributed by atoms with van der Waals surface area (Å²) in [6, 6.07) is 9.30. The third-order valence-corrected chi connectivity index (χ3v) is 3.30. The van der Waals surface area contributed by atoms with Crippen molar-refractivity contribution in [1.29, 1.82) is 0 Å². The molecule has 0 aromatic heterocycles. The highest BCUT2D eigenvalue weighted by Crippen LogP contribution is 2.26. The zero-order valence-corrected chi connectivity index (χ0v) is 13.5. The van der Waals surface area contributed by atoms with Gasteiger partial charge in [-0.3, -0.25) is 14.9 Å². The van der Waals surface area contributed by atoms with Crippen LogP contribution in [-0.4, -0.2) is 23.7 Å². The van der Waals surface area contributed by atoms with Crippen molar-refractivity contribution in [2.24, 2.45) is 0 Å². The average molecular weight is 369 g/mol. The molecule has 26 heavy (non-hydrogen) atoms. The van der Waals surface area contributed by atoms with Crippen molar-refractivity contribution in [1.82, 2.24) is 0 Å². The molecular formula is C16H14F3N3O4. The van der Waals surface area contributed by atoms with Gasteiger partial charge in [-0.05, 0) is 25.1 Å². The number of nitro groups is 1. The molecule has 7 nitrogen and oxygen atoms in total. The number of hydrogen-bond donors (Lipinski definition) is 2. The monoisotopic (exact) mass is 369 g/mol. The molecule has 0 atom stereocenters. The molecule has 0 fully saturated rings. The number of carbonyl (C=O) groups excluding carboxylic acids is 1. The highest BCUT2D eigenvalue weighted by atomic mass is 19.4. The van der Waals surface area contributed by atoms with Gasteiger partial charge in [0.25, 0.3) is 5.69 Å². The lowest BCUT2D eigenvalue weighted by molar-refractivity contribution is -0.385. The molecule has 0 radical (unpaired) electrons. The number of ether oxygens (including phenoxy) is 1. The maximum absolute atomic E-state index is 12.2. The van der Waals surface area contributed by atoms with Crippen molar-refractivity contribution in [3.05, 3.63) is 58.1 Å². The Balaban J connectivity index is 1.99. The van der Waals surface area contributed by atoms with Gasteiger partial charge in [0.1, 0.15) is 5.75 Å². The molecule has 10 heteroatoms. The lowest BCUT2D eigenvalue weighted by Crippen LogP contribution is -2.22. The van der Waals surface area contributed by atoms with E-state index in [1.54, 1.807) is 0 Å². The predicted octanol–water partition coefficient (Wildman–Crippen LogP) is 3.85. The van der Waals surface area contributed by atoms with Crippen molar-refractivity contribution >= 4 is 23.0 Å². The van der Waals surface area contributed by atoms with Crippen LogP contribution < -0.4 is 15.4 Å². The van der Waals surface area contributed by atoms with Gasteiger partial charge in [-0.2, -0.15) is 0 Å². The Kier molecular flexibility index (Phi) is 5.65. The van der Waals surface area contributed by atoms with Crippen LogP contribution in [0.15, 0.2) is 42.5 Å². The third kappa shape index (κ3) is 5.36. The van der Waals surface area contributed by atoms with E-state index in [2.05, 4.69) is 15.4 Å². The lowest BCUT2D eigenvalue weighted by atomic mass is 10.1. The molecule has 0 aliphatic heterocycles. The molecule has 0 saturated carbocycles. The number of hydrogen-bond acceptors (Lipinski definition) is 5. The molecule has 0 heterocycles. The molecular weight excluding hydrogens is 355 g/mol. The molecule has 0 bridgehead atoms. The van der Waals surface area contributed by atoms with E-state index in [0.29, 0.717) is 5.56 Å². The predicted molar refractivity (Wildman–Crippen MR) is 88.1 cm³/mol. The second kappa shape index (κ2) is 7.72. The molecule has 0 saturated heterocycles. The molecule has 1 amide bonds. The Labute approximate surface area is 145 Å². The number of nitro benzene ring substituents is 1. The fraction of sp³-hybridized carbons (Fsp3) is 0.188. The van der Waals surface area contributed by atoms with E-state index in [9.17, 15) is 28.1 Å². The second-order valence-corrected chi connectivity index (χ2v) is 5.18. The first-order chi connectivity index (χ1) is 12.2. The Morgan fingerprint density at radius 3 is 2.58 bits per heavy atom. The molecule has 0 spiro atoms. The van der Waals surface area contributed by atoms with Gasteiger partial charge in [0, 0.05) is 17.8 Å². The van der Waals surface area contributed by atoms with E-state index in [0.717, 1.165) is 12.1 Å². The van der Waals surface area contributed by atoms with E-state index < -0.39 is 22.9 Å². The Morgan fingerprint density at radius 2 is 1.92 bits per heavy atom. The van der Waals surface area contributed by atoms with Crippen molar-refractivity contribution in [3.8, 4) is 5.75 Å². The largest absolute Gasteiger partial charge is 0.573 e. The van der Waals surface area contributed by atoms with Gasteiger partial charge in [0.05, 0.1) is 22.7 Å². The van der Waals surface area contributed by atoms with Crippen LogP contribution in [-0.2, 0) is 4.79 Å². The van der Waals surface area contributed by atoms with Crippen LogP contribution in [0, 0.1) is 17.0 Å². The summed E-state index contributed by atoms with van der Waals surface area (Å²) in [5, 5.41) is 16.1. The summed E-state index contributed by atoms with van der Waals surface area (Å²) in [5.74, 6) is -0.937. The Morgan fingerprint density at radius 1 is 1.23 bits per heavy atom. The number of nitrogens with one attached hydrogen (secondary N) is 2. The van der Waals surface area contributed by atoms with Gasteiger partial charge in [0.2, 0.25) is 5.91 Å². The van der Waals surface area contributed by atoms with Crippen LogP contribution in [0.5, 0.6) is 5.75 Å². The average Bonchev–Trinajstić information content (AvgIpc) is 2.53. The van der Waals surface area contributed by atoms with Crippen LogP contribution >= 0.6 is 0 Å². The standard InChI is InChI=1S/C16H14F3N3O4/c1-10-13(6-3-7-14(10)22(24)25)21-15(23)9-20-11-4-2-5-12(8-11)26-16(17,18)19/h2-8,20H,9H2,1H3,(H,21,23). The highest BCUT2D eigenvalue weighted by Gasteiger charge is 2.31. The highest BCUT2D eigenvalue weighted by molar-refractivity contribution is 5.94. The fourth-order valence-corrected chi connectivity index (χ4v) is 2.14. The number of carbonyl (C=O) groups is 1. The minimum atomic E-state index is -4.81. The maximum Gasteiger partial charge on any atom is 0.573 e. The Hall–Kier alpha value is -3.30. The molecule has 0 aliphatic rings. The van der Waals surface area contributed by atoms with E-state index >= 15 is 0 Å². The third-order valence-electron chi connectivity index (χ3n) is 3.30. The van der Waals surface area contributed by atoms with Crippen molar-refractivity contribution < 1.29 is 27.6 Å². The summed E-state index contributed by atoms with van der Waals surface area (Å²) in [4.78, 5) is 22.3. The number of anilines is 2. The summed E-state index contributed by atoms with van der Waals surface area (Å²) < 4.78 is 40.4. The SMILES string of the molecule is Cc1c(NC(=O)CNc2cccc(OC(F)(F)F)c2)cccc1[N+](=O)[O-]. The minimum Gasteiger partial charge on any atom is -0.406 e. The zero-order chi connectivity index (χ0) is 19.3. The van der Waals surface area contributed by atoms with Crippen LogP contribution in [0.25, 0.3) is 0 Å². The van der Waals surface area contributed by atoms with Crippen LogP contribution in [0.3, 0.4) is 0 Å². The van der Waals surface area contributed by atoms with Crippen molar-refractivity contribution in [2.75, 3.05) is 17.2 Å². The Bertz CT molecular complexity index is 825. The fourth-order valence-electron chi connectivity index (χ4n) is 2.14. The lowest BCUT2D eigenvalue weighted by Gasteiger charge is -2.12. The number of alkyl halides is 3. The smallest absolute Gasteiger partial charge is 0.406 e. The van der Waals surface area contributed by atoms with E-state index in [1.807, 2.05) is 0 Å². The summed E-state index contributed by atoms with van der Waals surface area (Å²) in [6.07, 6.45) is -4.81. The normalized spacial score (nSPS) is 10.9. The van der Waals surface area contributed by atoms with Crippen LogP contribution in [0.4, 0.5) is 30.2 Å². The van der Waals surface area contributed by atoms with Crippen molar-refractivity contribution in [3.63, 3.8) is 0 Å². The van der Waals surface area contributed by atoms with Gasteiger partial charge in [-0.15, -0.1) is 13.2 Å². The zero-order valence-electron chi connectivity index (χ0n) is 13.5. The van der Waals surface area contributed by atoms with E-state index in [4.69, 9.17) is 0 Å². The first-order valence-corrected chi connectivity index (χ1v) is 7.29. The summed E-state index contributed by atoms with van der Waals surface area (Å²) >= 11 is 0.